The van der Waals surface area contributed by atoms with Gasteiger partial charge in [-0.1, -0.05) is 48.6 Å². The van der Waals surface area contributed by atoms with E-state index in [1.807, 2.05) is 12.2 Å². The van der Waals surface area contributed by atoms with E-state index < -0.39 is 54.5 Å². The predicted molar refractivity (Wildman–Crippen MR) is 121 cm³/mol. The molecule has 1 fully saturated rings. The van der Waals surface area contributed by atoms with Crippen LogP contribution in [0.25, 0.3) is 0 Å². The van der Waals surface area contributed by atoms with Crippen LogP contribution in [0.15, 0.2) is 54.6 Å². The van der Waals surface area contributed by atoms with Gasteiger partial charge in [-0.2, -0.15) is 0 Å². The van der Waals surface area contributed by atoms with Gasteiger partial charge in [-0.3, -0.25) is 33.7 Å². The Hall–Kier alpha value is -4.40. The van der Waals surface area contributed by atoms with Gasteiger partial charge in [0, 0.05) is 16.7 Å². The van der Waals surface area contributed by atoms with E-state index in [2.05, 4.69) is 5.32 Å². The summed E-state index contributed by atoms with van der Waals surface area (Å²) in [6.07, 6.45) is 4.60. The van der Waals surface area contributed by atoms with Crippen molar-refractivity contribution in [3.63, 3.8) is 0 Å². The van der Waals surface area contributed by atoms with Crippen molar-refractivity contribution in [2.45, 2.75) is 12.8 Å². The summed E-state index contributed by atoms with van der Waals surface area (Å²) in [4.78, 5) is 76.4. The third-order valence-electron chi connectivity index (χ3n) is 6.48. The molecule has 176 valence electrons. The van der Waals surface area contributed by atoms with Gasteiger partial charge in [0.25, 0.3) is 5.91 Å². The van der Waals surface area contributed by atoms with Crippen molar-refractivity contribution in [1.29, 1.82) is 0 Å². The second kappa shape index (κ2) is 8.75. The Bertz CT molecular complexity index is 1320. The minimum atomic E-state index is -0.899. The number of nitrogens with one attached hydrogen (secondary N) is 1. The summed E-state index contributed by atoms with van der Waals surface area (Å²) in [6.45, 7) is -1.26. The molecule has 0 aromatic heterocycles. The van der Waals surface area contributed by atoms with Crippen molar-refractivity contribution in [3.05, 3.63) is 76.9 Å². The molecule has 0 spiro atoms. The van der Waals surface area contributed by atoms with Gasteiger partial charge in [0.2, 0.25) is 11.8 Å². The molecule has 0 radical (unpaired) electrons. The predicted octanol–water partition coefficient (Wildman–Crippen LogP) is 1.89. The molecule has 35 heavy (non-hydrogen) atoms. The number of likely N-dealkylation sites (tertiary alicyclic amines) is 1. The fourth-order valence-corrected chi connectivity index (χ4v) is 4.78. The second-order valence-corrected chi connectivity index (χ2v) is 8.56. The quantitative estimate of drug-likeness (QED) is 0.341. The summed E-state index contributed by atoms with van der Waals surface area (Å²) < 4.78 is 4.97. The molecule has 2 atom stereocenters. The van der Waals surface area contributed by atoms with E-state index in [4.69, 9.17) is 4.74 Å². The Morgan fingerprint density at radius 2 is 1.43 bits per heavy atom. The van der Waals surface area contributed by atoms with Crippen molar-refractivity contribution >= 4 is 40.9 Å². The maximum atomic E-state index is 13.0. The highest BCUT2D eigenvalue weighted by atomic mass is 16.5. The van der Waals surface area contributed by atoms with Crippen LogP contribution in [0.1, 0.15) is 44.7 Å². The van der Waals surface area contributed by atoms with Crippen LogP contribution in [0.2, 0.25) is 0 Å². The molecule has 9 heteroatoms. The highest BCUT2D eigenvalue weighted by Gasteiger charge is 2.47. The van der Waals surface area contributed by atoms with E-state index in [1.165, 1.54) is 12.1 Å². The number of fused-ring (bicyclic) bond motifs is 3. The molecule has 1 heterocycles. The van der Waals surface area contributed by atoms with Crippen LogP contribution in [0, 0.1) is 11.8 Å². The van der Waals surface area contributed by atoms with Crippen LogP contribution in [0.4, 0.5) is 5.69 Å². The molecule has 2 aliphatic carbocycles. The number of amides is 3. The Labute approximate surface area is 199 Å². The zero-order valence-electron chi connectivity index (χ0n) is 18.5. The number of nitrogens with zero attached hydrogens (tertiary/aromatic N) is 1. The number of ketones is 2. The van der Waals surface area contributed by atoms with E-state index in [0.29, 0.717) is 18.4 Å². The molecule has 0 unspecified atom stereocenters. The first-order valence-corrected chi connectivity index (χ1v) is 11.1. The standard InChI is InChI=1S/C26H20N2O7/c29-20(13-35-21(30)12-28-25(33)16-8-3-4-9-17(16)26(28)34)27-19-11-5-10-18-22(19)24(32)15-7-2-1-6-14(15)23(18)31/h1-7,10-11,16-17H,8-9,12-13H2,(H,27,29)/t16-,17+. The molecule has 3 aliphatic rings. The minimum absolute atomic E-state index is 0.0698. The average molecular weight is 472 g/mol. The summed E-state index contributed by atoms with van der Waals surface area (Å²) in [5.41, 5.74) is 0.904. The molecular weight excluding hydrogens is 452 g/mol. The molecule has 1 saturated heterocycles. The van der Waals surface area contributed by atoms with Crippen LogP contribution < -0.4 is 5.32 Å². The molecule has 9 nitrogen and oxygen atoms in total. The fourth-order valence-electron chi connectivity index (χ4n) is 4.78. The molecule has 2 aromatic rings. The van der Waals surface area contributed by atoms with Crippen LogP contribution >= 0.6 is 0 Å². The number of allylic oxidation sites excluding steroid dienone is 2. The Morgan fingerprint density at radius 1 is 0.829 bits per heavy atom. The molecule has 3 amide bonds. The fraction of sp³-hybridized carbons (Fsp3) is 0.231. The number of carbonyl (C=O) groups is 6. The van der Waals surface area contributed by atoms with Crippen LogP contribution in [0.3, 0.4) is 0 Å². The lowest BCUT2D eigenvalue weighted by molar-refractivity contribution is -0.154. The van der Waals surface area contributed by atoms with Crippen molar-refractivity contribution in [2.75, 3.05) is 18.5 Å². The summed E-state index contributed by atoms with van der Waals surface area (Å²) >= 11 is 0. The number of anilines is 1. The van der Waals surface area contributed by atoms with Crippen LogP contribution in [-0.4, -0.2) is 53.3 Å². The van der Waals surface area contributed by atoms with Gasteiger partial charge in [-0.15, -0.1) is 0 Å². The number of hydrogen-bond donors (Lipinski definition) is 1. The zero-order chi connectivity index (χ0) is 24.7. The van der Waals surface area contributed by atoms with Crippen molar-refractivity contribution in [2.24, 2.45) is 11.8 Å². The van der Waals surface area contributed by atoms with Gasteiger partial charge in [0.15, 0.2) is 18.2 Å². The molecule has 0 bridgehead atoms. The first-order chi connectivity index (χ1) is 16.9. The molecule has 5 rings (SSSR count). The van der Waals surface area contributed by atoms with Gasteiger partial charge in [0.1, 0.15) is 6.54 Å². The Balaban J connectivity index is 1.23. The number of ether oxygens (including phenoxy) is 1. The highest BCUT2D eigenvalue weighted by molar-refractivity contribution is 6.30. The Kier molecular flexibility index (Phi) is 5.60. The third kappa shape index (κ3) is 3.84. The SMILES string of the molecule is O=C(COC(=O)CN1C(=O)[C@H]2CC=CC[C@H]2C1=O)Nc1cccc2c1C(=O)c1ccccc1C2=O. The second-order valence-electron chi connectivity index (χ2n) is 8.56. The molecule has 1 N–H and O–H groups in total. The van der Waals surface area contributed by atoms with Gasteiger partial charge in [-0.25, -0.2) is 0 Å². The summed E-state index contributed by atoms with van der Waals surface area (Å²) in [7, 11) is 0. The average Bonchev–Trinajstić information content (AvgIpc) is 3.11. The normalized spacial score (nSPS) is 20.3. The lowest BCUT2D eigenvalue weighted by Crippen LogP contribution is -2.37. The molecule has 2 aromatic carbocycles. The van der Waals surface area contributed by atoms with E-state index in [1.54, 1.807) is 30.3 Å². The first kappa shape index (κ1) is 22.4. The molecular formula is C26H20N2O7. The van der Waals surface area contributed by atoms with Crippen molar-refractivity contribution in [3.8, 4) is 0 Å². The van der Waals surface area contributed by atoms with E-state index in [9.17, 15) is 28.8 Å². The monoisotopic (exact) mass is 472 g/mol. The summed E-state index contributed by atoms with van der Waals surface area (Å²) in [5, 5.41) is 2.51. The Morgan fingerprint density at radius 3 is 2.09 bits per heavy atom. The minimum Gasteiger partial charge on any atom is -0.454 e. The maximum absolute atomic E-state index is 13.0. The smallest absolute Gasteiger partial charge is 0.326 e. The maximum Gasteiger partial charge on any atom is 0.326 e. The van der Waals surface area contributed by atoms with Gasteiger partial charge in [0.05, 0.1) is 23.1 Å². The highest BCUT2D eigenvalue weighted by Crippen LogP contribution is 2.35. The van der Waals surface area contributed by atoms with Crippen LogP contribution in [-0.2, 0) is 23.9 Å². The van der Waals surface area contributed by atoms with Crippen LogP contribution in [0.5, 0.6) is 0 Å². The zero-order valence-corrected chi connectivity index (χ0v) is 18.5. The van der Waals surface area contributed by atoms with E-state index in [0.717, 1.165) is 4.90 Å². The summed E-state index contributed by atoms with van der Waals surface area (Å²) in [6, 6.07) is 11.0. The van der Waals surface area contributed by atoms with E-state index >= 15 is 0 Å². The number of esters is 1. The largest absolute Gasteiger partial charge is 0.454 e. The number of benzene rings is 2. The number of imide groups is 1. The van der Waals surface area contributed by atoms with Gasteiger partial charge >= 0.3 is 5.97 Å². The molecule has 0 saturated carbocycles. The number of rotatable bonds is 5. The lowest BCUT2D eigenvalue weighted by Gasteiger charge is -2.20. The van der Waals surface area contributed by atoms with Crippen molar-refractivity contribution < 1.29 is 33.5 Å². The third-order valence-corrected chi connectivity index (χ3v) is 6.48. The van der Waals surface area contributed by atoms with Gasteiger partial charge in [-0.05, 0) is 18.9 Å². The van der Waals surface area contributed by atoms with E-state index in [-0.39, 0.29) is 28.2 Å². The number of carbonyl (C=O) groups excluding carboxylic acids is 6. The molecule has 1 aliphatic heterocycles. The summed E-state index contributed by atoms with van der Waals surface area (Å²) in [5.74, 6) is -4.10. The number of hydrogen-bond acceptors (Lipinski definition) is 7. The van der Waals surface area contributed by atoms with Crippen molar-refractivity contribution in [1.82, 2.24) is 4.90 Å². The first-order valence-electron chi connectivity index (χ1n) is 11.1. The topological polar surface area (TPSA) is 127 Å². The van der Waals surface area contributed by atoms with Gasteiger partial charge < -0.3 is 10.1 Å². The lowest BCUT2D eigenvalue weighted by atomic mass is 9.83.